The van der Waals surface area contributed by atoms with Gasteiger partial charge in [-0.3, -0.25) is 9.69 Å². The number of aliphatic carboxylic acids is 1. The third-order valence-corrected chi connectivity index (χ3v) is 5.50. The molecule has 0 unspecified atom stereocenters. The highest BCUT2D eigenvalue weighted by atomic mass is 32.2. The van der Waals surface area contributed by atoms with E-state index in [2.05, 4.69) is 29.7 Å². The van der Waals surface area contributed by atoms with Crippen LogP contribution in [0.4, 0.5) is 5.95 Å². The number of nitrogens with zero attached hydrogens (tertiary/aromatic N) is 6. The maximum absolute atomic E-state index is 11.0. The SMILES string of the molecule is O=C(O)CSc1nc(CN2CCN(c3ncccn3)CC2)nc2ccccc12. The average molecular weight is 396 g/mol. The first-order valence-electron chi connectivity index (χ1n) is 9.03. The molecule has 0 bridgehead atoms. The lowest BCUT2D eigenvalue weighted by Crippen LogP contribution is -2.46. The van der Waals surface area contributed by atoms with Crippen molar-refractivity contribution in [1.29, 1.82) is 0 Å². The molecule has 4 rings (SSSR count). The van der Waals surface area contributed by atoms with Gasteiger partial charge in [-0.25, -0.2) is 19.9 Å². The lowest BCUT2D eigenvalue weighted by atomic mass is 10.2. The van der Waals surface area contributed by atoms with Crippen LogP contribution >= 0.6 is 11.8 Å². The van der Waals surface area contributed by atoms with Gasteiger partial charge in [0.05, 0.1) is 17.8 Å². The maximum Gasteiger partial charge on any atom is 0.313 e. The highest BCUT2D eigenvalue weighted by Crippen LogP contribution is 2.25. The van der Waals surface area contributed by atoms with Gasteiger partial charge in [0.2, 0.25) is 5.95 Å². The minimum absolute atomic E-state index is 0.0177. The molecule has 0 spiro atoms. The van der Waals surface area contributed by atoms with Crippen LogP contribution in [0.5, 0.6) is 0 Å². The topological polar surface area (TPSA) is 95.3 Å². The Kier molecular flexibility index (Phi) is 5.63. The van der Waals surface area contributed by atoms with E-state index < -0.39 is 5.97 Å². The molecule has 1 fully saturated rings. The standard InChI is InChI=1S/C19H20N6O2S/c26-17(27)13-28-18-14-4-1-2-5-15(14)22-16(23-18)12-24-8-10-25(11-9-24)19-20-6-3-7-21-19/h1-7H,8-13H2,(H,26,27). The third-order valence-electron chi connectivity index (χ3n) is 4.52. The third kappa shape index (κ3) is 4.37. The van der Waals surface area contributed by atoms with Gasteiger partial charge in [-0.15, -0.1) is 0 Å². The number of aromatic nitrogens is 4. The number of anilines is 1. The van der Waals surface area contributed by atoms with Crippen molar-refractivity contribution in [3.05, 3.63) is 48.5 Å². The molecular formula is C19H20N6O2S. The van der Waals surface area contributed by atoms with E-state index in [1.54, 1.807) is 12.4 Å². The number of thioether (sulfide) groups is 1. The molecule has 28 heavy (non-hydrogen) atoms. The van der Waals surface area contributed by atoms with Crippen molar-refractivity contribution < 1.29 is 9.90 Å². The number of carboxylic acids is 1. The Morgan fingerprint density at radius 2 is 1.79 bits per heavy atom. The summed E-state index contributed by atoms with van der Waals surface area (Å²) >= 11 is 1.24. The minimum Gasteiger partial charge on any atom is -0.481 e. The first-order valence-corrected chi connectivity index (χ1v) is 10.0. The lowest BCUT2D eigenvalue weighted by molar-refractivity contribution is -0.133. The maximum atomic E-state index is 11.0. The number of benzene rings is 1. The molecule has 0 radical (unpaired) electrons. The van der Waals surface area contributed by atoms with Gasteiger partial charge in [-0.1, -0.05) is 30.0 Å². The van der Waals surface area contributed by atoms with Gasteiger partial charge >= 0.3 is 5.97 Å². The molecule has 1 saturated heterocycles. The molecule has 0 saturated carbocycles. The molecule has 1 aliphatic rings. The Morgan fingerprint density at radius 3 is 2.54 bits per heavy atom. The Labute approximate surface area is 166 Å². The fourth-order valence-corrected chi connectivity index (χ4v) is 3.92. The molecule has 1 aromatic carbocycles. The van der Waals surface area contributed by atoms with Gasteiger partial charge in [0.1, 0.15) is 10.9 Å². The fraction of sp³-hybridized carbons (Fsp3) is 0.316. The second-order valence-corrected chi connectivity index (χ2v) is 7.42. The number of carbonyl (C=O) groups is 1. The van der Waals surface area contributed by atoms with E-state index in [0.717, 1.165) is 53.9 Å². The van der Waals surface area contributed by atoms with Gasteiger partial charge in [-0.2, -0.15) is 0 Å². The Bertz CT molecular complexity index is 963. The Hall–Kier alpha value is -2.78. The zero-order chi connectivity index (χ0) is 19.3. The summed E-state index contributed by atoms with van der Waals surface area (Å²) in [5.41, 5.74) is 0.844. The van der Waals surface area contributed by atoms with E-state index >= 15 is 0 Å². The molecule has 0 aliphatic carbocycles. The van der Waals surface area contributed by atoms with Crippen LogP contribution in [0.2, 0.25) is 0 Å². The molecule has 0 amide bonds. The van der Waals surface area contributed by atoms with Crippen LogP contribution in [0.15, 0.2) is 47.8 Å². The Balaban J connectivity index is 1.47. The number of hydrogen-bond donors (Lipinski definition) is 1. The molecule has 9 heteroatoms. The molecule has 1 aliphatic heterocycles. The minimum atomic E-state index is -0.853. The van der Waals surface area contributed by atoms with Crippen LogP contribution in [-0.4, -0.2) is 67.8 Å². The average Bonchev–Trinajstić information content (AvgIpc) is 2.73. The van der Waals surface area contributed by atoms with Gasteiger partial charge in [-0.05, 0) is 12.1 Å². The number of hydrogen-bond acceptors (Lipinski definition) is 8. The summed E-state index contributed by atoms with van der Waals surface area (Å²) in [7, 11) is 0. The summed E-state index contributed by atoms with van der Waals surface area (Å²) in [6.45, 7) is 4.06. The predicted octanol–water partition coefficient (Wildman–Crippen LogP) is 1.92. The summed E-state index contributed by atoms with van der Waals surface area (Å²) in [4.78, 5) is 33.4. The van der Waals surface area contributed by atoms with Crippen molar-refractivity contribution in [2.45, 2.75) is 11.6 Å². The van der Waals surface area contributed by atoms with Crippen molar-refractivity contribution in [1.82, 2.24) is 24.8 Å². The van der Waals surface area contributed by atoms with Gasteiger partial charge in [0.25, 0.3) is 0 Å². The summed E-state index contributed by atoms with van der Waals surface area (Å²) in [6, 6.07) is 9.54. The molecule has 0 atom stereocenters. The second kappa shape index (κ2) is 8.49. The summed E-state index contributed by atoms with van der Waals surface area (Å²) in [5, 5.41) is 10.6. The van der Waals surface area contributed by atoms with Gasteiger partial charge < -0.3 is 10.0 Å². The molecule has 2 aromatic heterocycles. The summed E-state index contributed by atoms with van der Waals surface area (Å²) in [6.07, 6.45) is 3.52. The molecule has 3 aromatic rings. The van der Waals surface area contributed by atoms with Crippen molar-refractivity contribution in [2.24, 2.45) is 0 Å². The molecule has 8 nitrogen and oxygen atoms in total. The molecule has 3 heterocycles. The van der Waals surface area contributed by atoms with E-state index in [1.165, 1.54) is 11.8 Å². The molecule has 1 N–H and O–H groups in total. The number of para-hydroxylation sites is 1. The van der Waals surface area contributed by atoms with Crippen LogP contribution in [0.25, 0.3) is 10.9 Å². The first-order chi connectivity index (χ1) is 13.7. The van der Waals surface area contributed by atoms with Crippen LogP contribution in [0, 0.1) is 0 Å². The lowest BCUT2D eigenvalue weighted by Gasteiger charge is -2.34. The number of fused-ring (bicyclic) bond motifs is 1. The smallest absolute Gasteiger partial charge is 0.313 e. The zero-order valence-electron chi connectivity index (χ0n) is 15.2. The summed E-state index contributed by atoms with van der Waals surface area (Å²) < 4.78 is 0. The fourth-order valence-electron chi connectivity index (χ4n) is 3.16. The van der Waals surface area contributed by atoms with Crippen LogP contribution < -0.4 is 4.90 Å². The van der Waals surface area contributed by atoms with Gasteiger partial charge in [0.15, 0.2) is 0 Å². The van der Waals surface area contributed by atoms with E-state index in [0.29, 0.717) is 6.54 Å². The van der Waals surface area contributed by atoms with Crippen molar-refractivity contribution >= 4 is 34.6 Å². The van der Waals surface area contributed by atoms with Crippen molar-refractivity contribution in [2.75, 3.05) is 36.8 Å². The van der Waals surface area contributed by atoms with Crippen molar-refractivity contribution in [3.8, 4) is 0 Å². The largest absolute Gasteiger partial charge is 0.481 e. The van der Waals surface area contributed by atoms with Crippen LogP contribution in [0.3, 0.4) is 0 Å². The molecular weight excluding hydrogens is 376 g/mol. The normalized spacial score (nSPS) is 15.1. The monoisotopic (exact) mass is 396 g/mol. The number of rotatable bonds is 6. The highest BCUT2D eigenvalue weighted by molar-refractivity contribution is 8.00. The van der Waals surface area contributed by atoms with E-state index in [4.69, 9.17) is 5.11 Å². The van der Waals surface area contributed by atoms with Gasteiger partial charge in [0, 0.05) is 44.0 Å². The Morgan fingerprint density at radius 1 is 1.04 bits per heavy atom. The number of piperazine rings is 1. The second-order valence-electron chi connectivity index (χ2n) is 6.46. The highest BCUT2D eigenvalue weighted by Gasteiger charge is 2.20. The predicted molar refractivity (Wildman–Crippen MR) is 107 cm³/mol. The quantitative estimate of drug-likeness (QED) is 0.495. The van der Waals surface area contributed by atoms with E-state index in [1.807, 2.05) is 30.3 Å². The van der Waals surface area contributed by atoms with Crippen LogP contribution in [-0.2, 0) is 11.3 Å². The van der Waals surface area contributed by atoms with E-state index in [-0.39, 0.29) is 5.75 Å². The first kappa shape index (κ1) is 18.6. The molecule has 144 valence electrons. The summed E-state index contributed by atoms with van der Waals surface area (Å²) in [5.74, 6) is 0.608. The number of carboxylic acid groups (broad SMARTS) is 1. The van der Waals surface area contributed by atoms with Crippen molar-refractivity contribution in [3.63, 3.8) is 0 Å². The van der Waals surface area contributed by atoms with Crippen LogP contribution in [0.1, 0.15) is 5.82 Å². The van der Waals surface area contributed by atoms with E-state index in [9.17, 15) is 4.79 Å². The zero-order valence-corrected chi connectivity index (χ0v) is 16.0.